The van der Waals surface area contributed by atoms with E-state index in [1.54, 1.807) is 7.11 Å². The van der Waals surface area contributed by atoms with E-state index in [9.17, 15) is 5.11 Å². The molecule has 3 N–H and O–H groups in total. The number of benzene rings is 1. The van der Waals surface area contributed by atoms with E-state index in [0.29, 0.717) is 12.3 Å². The Balaban J connectivity index is 2.52. The molecule has 2 rings (SSSR count). The molecule has 1 aromatic rings. The molecule has 1 aliphatic carbocycles. The maximum absolute atomic E-state index is 9.90. The third kappa shape index (κ3) is 1.47. The number of aryl methyl sites for hydroxylation is 1. The Labute approximate surface area is 89.9 Å². The molecule has 0 atom stereocenters. The Morgan fingerprint density at radius 3 is 2.60 bits per heavy atom. The Kier molecular flexibility index (Phi) is 2.35. The van der Waals surface area contributed by atoms with Crippen LogP contribution in [0, 0.1) is 6.92 Å². The molecule has 1 saturated carbocycles. The quantitative estimate of drug-likeness (QED) is 0.793. The van der Waals surface area contributed by atoms with Crippen LogP contribution in [0.3, 0.4) is 0 Å². The summed E-state index contributed by atoms with van der Waals surface area (Å²) in [6, 6.07) is 3.94. The van der Waals surface area contributed by atoms with Gasteiger partial charge < -0.3 is 15.6 Å². The summed E-state index contributed by atoms with van der Waals surface area (Å²) >= 11 is 0. The number of ether oxygens (including phenoxy) is 1. The van der Waals surface area contributed by atoms with Gasteiger partial charge in [-0.25, -0.2) is 0 Å². The van der Waals surface area contributed by atoms with Crippen LogP contribution in [0.1, 0.15) is 24.0 Å². The van der Waals surface area contributed by atoms with Gasteiger partial charge in [0.15, 0.2) is 11.5 Å². The van der Waals surface area contributed by atoms with Gasteiger partial charge >= 0.3 is 0 Å². The first-order chi connectivity index (χ1) is 7.14. The smallest absolute Gasteiger partial charge is 0.164 e. The second-order valence-electron chi connectivity index (χ2n) is 4.30. The third-order valence-electron chi connectivity index (χ3n) is 3.35. The molecule has 0 aromatic heterocycles. The summed E-state index contributed by atoms with van der Waals surface area (Å²) in [5, 5.41) is 9.90. The van der Waals surface area contributed by atoms with E-state index >= 15 is 0 Å². The van der Waals surface area contributed by atoms with Gasteiger partial charge in [-0.05, 0) is 25.3 Å². The summed E-state index contributed by atoms with van der Waals surface area (Å²) in [6.45, 7) is 2.48. The SMILES string of the molecule is COc1c(C2(CN)CC2)ccc(C)c1O. The molecule has 0 heterocycles. The molecule has 15 heavy (non-hydrogen) atoms. The van der Waals surface area contributed by atoms with Crippen molar-refractivity contribution in [2.45, 2.75) is 25.2 Å². The summed E-state index contributed by atoms with van der Waals surface area (Å²) in [6.07, 6.45) is 2.17. The van der Waals surface area contributed by atoms with Crippen molar-refractivity contribution in [1.29, 1.82) is 0 Å². The standard InChI is InChI=1S/C12H17NO2/c1-8-3-4-9(11(15-2)10(8)14)12(7-13)5-6-12/h3-4,14H,5-7,13H2,1-2H3. The molecule has 0 radical (unpaired) electrons. The number of methoxy groups -OCH3 is 1. The van der Waals surface area contributed by atoms with Crippen LogP contribution in [0.15, 0.2) is 12.1 Å². The lowest BCUT2D eigenvalue weighted by atomic mass is 9.93. The summed E-state index contributed by atoms with van der Waals surface area (Å²) in [7, 11) is 1.59. The van der Waals surface area contributed by atoms with Crippen molar-refractivity contribution in [3.05, 3.63) is 23.3 Å². The van der Waals surface area contributed by atoms with Crippen molar-refractivity contribution in [2.24, 2.45) is 5.73 Å². The van der Waals surface area contributed by atoms with Crippen molar-refractivity contribution in [3.63, 3.8) is 0 Å². The van der Waals surface area contributed by atoms with Gasteiger partial charge in [-0.2, -0.15) is 0 Å². The molecule has 3 heteroatoms. The zero-order valence-electron chi connectivity index (χ0n) is 9.21. The van der Waals surface area contributed by atoms with Crippen LogP contribution in [-0.4, -0.2) is 18.8 Å². The van der Waals surface area contributed by atoms with Gasteiger partial charge in [0.05, 0.1) is 7.11 Å². The molecule has 3 nitrogen and oxygen atoms in total. The maximum Gasteiger partial charge on any atom is 0.164 e. The van der Waals surface area contributed by atoms with Gasteiger partial charge in [-0.3, -0.25) is 0 Å². The molecule has 0 spiro atoms. The molecule has 0 unspecified atom stereocenters. The minimum Gasteiger partial charge on any atom is -0.504 e. The van der Waals surface area contributed by atoms with Gasteiger partial charge in [0.25, 0.3) is 0 Å². The van der Waals surface area contributed by atoms with E-state index in [2.05, 4.69) is 0 Å². The van der Waals surface area contributed by atoms with Crippen molar-refractivity contribution in [3.8, 4) is 11.5 Å². The first-order valence-electron chi connectivity index (χ1n) is 5.22. The number of hydrogen-bond donors (Lipinski definition) is 2. The van der Waals surface area contributed by atoms with Crippen LogP contribution in [0.5, 0.6) is 11.5 Å². The van der Waals surface area contributed by atoms with E-state index in [-0.39, 0.29) is 11.2 Å². The highest BCUT2D eigenvalue weighted by atomic mass is 16.5. The largest absolute Gasteiger partial charge is 0.504 e. The van der Waals surface area contributed by atoms with Crippen LogP contribution >= 0.6 is 0 Å². The fourth-order valence-corrected chi connectivity index (χ4v) is 2.03. The zero-order chi connectivity index (χ0) is 11.1. The van der Waals surface area contributed by atoms with Crippen molar-refractivity contribution in [1.82, 2.24) is 0 Å². The lowest BCUT2D eigenvalue weighted by Gasteiger charge is -2.18. The minimum absolute atomic E-state index is 0.0521. The number of aromatic hydroxyl groups is 1. The molecule has 0 saturated heterocycles. The molecular formula is C12H17NO2. The summed E-state index contributed by atoms with van der Waals surface area (Å²) in [5.74, 6) is 0.840. The first-order valence-corrected chi connectivity index (χ1v) is 5.22. The monoisotopic (exact) mass is 207 g/mol. The van der Waals surface area contributed by atoms with E-state index in [1.807, 2.05) is 19.1 Å². The van der Waals surface area contributed by atoms with E-state index in [4.69, 9.17) is 10.5 Å². The fraction of sp³-hybridized carbons (Fsp3) is 0.500. The van der Waals surface area contributed by atoms with Crippen LogP contribution in [0.2, 0.25) is 0 Å². The Bertz CT molecular complexity index is 383. The maximum atomic E-state index is 9.90. The van der Waals surface area contributed by atoms with Crippen LogP contribution in [0.4, 0.5) is 0 Å². The van der Waals surface area contributed by atoms with Crippen LogP contribution in [0.25, 0.3) is 0 Å². The summed E-state index contributed by atoms with van der Waals surface area (Å²) < 4.78 is 5.28. The van der Waals surface area contributed by atoms with Gasteiger partial charge in [-0.15, -0.1) is 0 Å². The summed E-state index contributed by atoms with van der Waals surface area (Å²) in [4.78, 5) is 0. The first kappa shape index (κ1) is 10.3. The zero-order valence-corrected chi connectivity index (χ0v) is 9.21. The van der Waals surface area contributed by atoms with Crippen molar-refractivity contribution in [2.75, 3.05) is 13.7 Å². The number of rotatable bonds is 3. The fourth-order valence-electron chi connectivity index (χ4n) is 2.03. The topological polar surface area (TPSA) is 55.5 Å². The lowest BCUT2D eigenvalue weighted by Crippen LogP contribution is -2.20. The van der Waals surface area contributed by atoms with Crippen LogP contribution in [-0.2, 0) is 5.41 Å². The van der Waals surface area contributed by atoms with Crippen molar-refractivity contribution < 1.29 is 9.84 Å². The van der Waals surface area contributed by atoms with E-state index in [1.165, 1.54) is 0 Å². The molecule has 1 fully saturated rings. The third-order valence-corrected chi connectivity index (χ3v) is 3.35. The molecule has 0 amide bonds. The molecule has 0 aliphatic heterocycles. The second kappa shape index (κ2) is 3.42. The van der Waals surface area contributed by atoms with Gasteiger partial charge in [0.1, 0.15) is 0 Å². The highest BCUT2D eigenvalue weighted by Crippen LogP contribution is 2.52. The van der Waals surface area contributed by atoms with E-state index in [0.717, 1.165) is 24.0 Å². The molecule has 1 aliphatic rings. The van der Waals surface area contributed by atoms with Gasteiger partial charge in [0, 0.05) is 17.5 Å². The minimum atomic E-state index is 0.0521. The number of nitrogens with two attached hydrogens (primary N) is 1. The van der Waals surface area contributed by atoms with Crippen molar-refractivity contribution >= 4 is 0 Å². The van der Waals surface area contributed by atoms with Gasteiger partial charge in [-0.1, -0.05) is 12.1 Å². The molecular weight excluding hydrogens is 190 g/mol. The highest BCUT2D eigenvalue weighted by molar-refractivity contribution is 5.55. The molecule has 1 aromatic carbocycles. The Morgan fingerprint density at radius 1 is 1.47 bits per heavy atom. The highest BCUT2D eigenvalue weighted by Gasteiger charge is 2.45. The lowest BCUT2D eigenvalue weighted by molar-refractivity contribution is 0.363. The normalized spacial score (nSPS) is 17.5. The van der Waals surface area contributed by atoms with Gasteiger partial charge in [0.2, 0.25) is 0 Å². The predicted octanol–water partition coefficient (Wildman–Crippen LogP) is 1.70. The second-order valence-corrected chi connectivity index (χ2v) is 4.30. The average Bonchev–Trinajstić information content (AvgIpc) is 3.02. The number of hydrogen-bond acceptors (Lipinski definition) is 3. The molecule has 82 valence electrons. The Morgan fingerprint density at radius 2 is 2.13 bits per heavy atom. The summed E-state index contributed by atoms with van der Waals surface area (Å²) in [5.41, 5.74) is 7.72. The van der Waals surface area contributed by atoms with Crippen LogP contribution < -0.4 is 10.5 Å². The molecule has 0 bridgehead atoms. The average molecular weight is 207 g/mol. The van der Waals surface area contributed by atoms with E-state index < -0.39 is 0 Å². The predicted molar refractivity (Wildman–Crippen MR) is 59.4 cm³/mol. The Hall–Kier alpha value is -1.22. The number of phenols is 1. The number of phenolic OH excluding ortho intramolecular Hbond substituents is 1.